The van der Waals surface area contributed by atoms with Crippen LogP contribution in [0.15, 0.2) is 18.2 Å². The van der Waals surface area contributed by atoms with Crippen molar-refractivity contribution >= 4 is 5.78 Å². The molecule has 0 amide bonds. The van der Waals surface area contributed by atoms with Gasteiger partial charge in [-0.1, -0.05) is 6.07 Å². The van der Waals surface area contributed by atoms with Gasteiger partial charge < -0.3 is 4.74 Å². The number of ether oxygens (including phenoxy) is 1. The standard InChI is InChI=1S/C13H15FO2/c1-9-2-3-11(14)7-12(9)13(15)6-10-4-5-16-8-10/h2-3,7,10H,4-6,8H2,1H3. The first-order valence-electron chi connectivity index (χ1n) is 5.54. The number of halogens is 1. The molecule has 16 heavy (non-hydrogen) atoms. The van der Waals surface area contributed by atoms with Gasteiger partial charge in [0.15, 0.2) is 5.78 Å². The summed E-state index contributed by atoms with van der Waals surface area (Å²) < 4.78 is 18.3. The molecular weight excluding hydrogens is 207 g/mol. The van der Waals surface area contributed by atoms with E-state index in [0.717, 1.165) is 18.6 Å². The van der Waals surface area contributed by atoms with Crippen LogP contribution in [0, 0.1) is 18.7 Å². The fraction of sp³-hybridized carbons (Fsp3) is 0.462. The lowest BCUT2D eigenvalue weighted by Crippen LogP contribution is -2.10. The van der Waals surface area contributed by atoms with E-state index in [1.54, 1.807) is 6.07 Å². The molecule has 1 atom stereocenters. The Labute approximate surface area is 94.4 Å². The second-order valence-electron chi connectivity index (χ2n) is 4.32. The van der Waals surface area contributed by atoms with Crippen LogP contribution in [0.25, 0.3) is 0 Å². The Morgan fingerprint density at radius 3 is 3.06 bits per heavy atom. The van der Waals surface area contributed by atoms with E-state index in [-0.39, 0.29) is 11.6 Å². The summed E-state index contributed by atoms with van der Waals surface area (Å²) in [6.45, 7) is 3.22. The first-order valence-corrected chi connectivity index (χ1v) is 5.54. The summed E-state index contributed by atoms with van der Waals surface area (Å²) in [7, 11) is 0. The average Bonchev–Trinajstić information content (AvgIpc) is 2.74. The number of ketones is 1. The van der Waals surface area contributed by atoms with E-state index in [1.165, 1.54) is 12.1 Å². The van der Waals surface area contributed by atoms with Gasteiger partial charge in [-0.25, -0.2) is 4.39 Å². The average molecular weight is 222 g/mol. The van der Waals surface area contributed by atoms with E-state index in [9.17, 15) is 9.18 Å². The molecule has 1 aromatic carbocycles. The quantitative estimate of drug-likeness (QED) is 0.735. The highest BCUT2D eigenvalue weighted by molar-refractivity contribution is 5.97. The molecule has 1 fully saturated rings. The van der Waals surface area contributed by atoms with Crippen molar-refractivity contribution in [1.29, 1.82) is 0 Å². The molecule has 0 N–H and O–H groups in total. The summed E-state index contributed by atoms with van der Waals surface area (Å²) in [6.07, 6.45) is 1.39. The maximum absolute atomic E-state index is 13.0. The Balaban J connectivity index is 2.10. The van der Waals surface area contributed by atoms with Crippen LogP contribution in [-0.4, -0.2) is 19.0 Å². The minimum absolute atomic E-state index is 0.0208. The zero-order chi connectivity index (χ0) is 11.5. The summed E-state index contributed by atoms with van der Waals surface area (Å²) in [5, 5.41) is 0. The van der Waals surface area contributed by atoms with Crippen LogP contribution in [0.4, 0.5) is 4.39 Å². The van der Waals surface area contributed by atoms with Gasteiger partial charge in [-0.2, -0.15) is 0 Å². The molecule has 86 valence electrons. The van der Waals surface area contributed by atoms with Crippen molar-refractivity contribution in [2.45, 2.75) is 19.8 Å². The first-order chi connectivity index (χ1) is 7.66. The van der Waals surface area contributed by atoms with Crippen molar-refractivity contribution in [2.75, 3.05) is 13.2 Å². The second-order valence-corrected chi connectivity index (χ2v) is 4.32. The van der Waals surface area contributed by atoms with E-state index in [0.29, 0.717) is 24.5 Å². The largest absolute Gasteiger partial charge is 0.381 e. The van der Waals surface area contributed by atoms with Gasteiger partial charge >= 0.3 is 0 Å². The van der Waals surface area contributed by atoms with Crippen molar-refractivity contribution in [3.63, 3.8) is 0 Å². The van der Waals surface area contributed by atoms with Crippen LogP contribution in [0.1, 0.15) is 28.8 Å². The van der Waals surface area contributed by atoms with Crippen LogP contribution in [0.2, 0.25) is 0 Å². The minimum Gasteiger partial charge on any atom is -0.381 e. The molecule has 1 aromatic rings. The summed E-state index contributed by atoms with van der Waals surface area (Å²) in [5.74, 6) is -0.0284. The van der Waals surface area contributed by atoms with E-state index in [4.69, 9.17) is 4.74 Å². The van der Waals surface area contributed by atoms with Gasteiger partial charge in [0.1, 0.15) is 5.82 Å². The number of carbonyl (C=O) groups is 1. The number of rotatable bonds is 3. The SMILES string of the molecule is Cc1ccc(F)cc1C(=O)CC1CCOC1. The van der Waals surface area contributed by atoms with Crippen molar-refractivity contribution in [3.8, 4) is 0 Å². The molecule has 3 heteroatoms. The Hall–Kier alpha value is -1.22. The molecule has 1 aliphatic heterocycles. The van der Waals surface area contributed by atoms with Gasteiger partial charge in [-0.05, 0) is 37.0 Å². The van der Waals surface area contributed by atoms with Crippen molar-refractivity contribution in [3.05, 3.63) is 35.1 Å². The molecule has 0 aliphatic carbocycles. The highest BCUT2D eigenvalue weighted by Crippen LogP contribution is 2.20. The number of hydrogen-bond donors (Lipinski definition) is 0. The van der Waals surface area contributed by atoms with Crippen LogP contribution in [0.3, 0.4) is 0 Å². The molecule has 2 rings (SSSR count). The second kappa shape index (κ2) is 4.74. The molecule has 0 bridgehead atoms. The third kappa shape index (κ3) is 2.47. The lowest BCUT2D eigenvalue weighted by atomic mass is 9.95. The Kier molecular flexibility index (Phi) is 3.34. The summed E-state index contributed by atoms with van der Waals surface area (Å²) in [6, 6.07) is 4.35. The van der Waals surface area contributed by atoms with Gasteiger partial charge in [0.25, 0.3) is 0 Å². The summed E-state index contributed by atoms with van der Waals surface area (Å²) >= 11 is 0. The van der Waals surface area contributed by atoms with E-state index < -0.39 is 0 Å². The predicted octanol–water partition coefficient (Wildman–Crippen LogP) is 2.74. The smallest absolute Gasteiger partial charge is 0.163 e. The fourth-order valence-corrected chi connectivity index (χ4v) is 2.01. The van der Waals surface area contributed by atoms with Crippen LogP contribution in [0.5, 0.6) is 0 Å². The lowest BCUT2D eigenvalue weighted by Gasteiger charge is -2.08. The molecule has 0 aromatic heterocycles. The third-order valence-corrected chi connectivity index (χ3v) is 3.00. The Bertz CT molecular complexity index is 395. The van der Waals surface area contributed by atoms with E-state index in [2.05, 4.69) is 0 Å². The number of carbonyl (C=O) groups excluding carboxylic acids is 1. The highest BCUT2D eigenvalue weighted by Gasteiger charge is 2.20. The summed E-state index contributed by atoms with van der Waals surface area (Å²) in [5.41, 5.74) is 1.34. The van der Waals surface area contributed by atoms with Gasteiger partial charge in [0, 0.05) is 25.2 Å². The van der Waals surface area contributed by atoms with Crippen molar-refractivity contribution < 1.29 is 13.9 Å². The molecule has 1 saturated heterocycles. The van der Waals surface area contributed by atoms with Crippen molar-refractivity contribution in [2.24, 2.45) is 5.92 Å². The molecule has 0 radical (unpaired) electrons. The Morgan fingerprint density at radius 2 is 2.38 bits per heavy atom. The lowest BCUT2D eigenvalue weighted by molar-refractivity contribution is 0.0951. The van der Waals surface area contributed by atoms with Crippen LogP contribution in [-0.2, 0) is 4.74 Å². The van der Waals surface area contributed by atoms with Gasteiger partial charge in [0.2, 0.25) is 0 Å². The topological polar surface area (TPSA) is 26.3 Å². The minimum atomic E-state index is -0.350. The number of hydrogen-bond acceptors (Lipinski definition) is 2. The van der Waals surface area contributed by atoms with E-state index in [1.807, 2.05) is 6.92 Å². The zero-order valence-corrected chi connectivity index (χ0v) is 9.33. The maximum Gasteiger partial charge on any atom is 0.163 e. The highest BCUT2D eigenvalue weighted by atomic mass is 19.1. The summed E-state index contributed by atoms with van der Waals surface area (Å²) in [4.78, 5) is 12.0. The molecule has 1 aliphatic rings. The number of aryl methyl sites for hydroxylation is 1. The third-order valence-electron chi connectivity index (χ3n) is 3.00. The Morgan fingerprint density at radius 1 is 1.56 bits per heavy atom. The molecule has 0 spiro atoms. The van der Waals surface area contributed by atoms with Gasteiger partial charge in [0.05, 0.1) is 0 Å². The first kappa shape index (κ1) is 11.3. The molecular formula is C13H15FO2. The number of benzene rings is 1. The molecule has 1 unspecified atom stereocenters. The maximum atomic E-state index is 13.0. The van der Waals surface area contributed by atoms with Crippen molar-refractivity contribution in [1.82, 2.24) is 0 Å². The van der Waals surface area contributed by atoms with E-state index >= 15 is 0 Å². The van der Waals surface area contributed by atoms with Crippen LogP contribution >= 0.6 is 0 Å². The monoisotopic (exact) mass is 222 g/mol. The molecule has 0 saturated carbocycles. The van der Waals surface area contributed by atoms with Gasteiger partial charge in [-0.15, -0.1) is 0 Å². The van der Waals surface area contributed by atoms with Crippen LogP contribution < -0.4 is 0 Å². The predicted molar refractivity (Wildman–Crippen MR) is 59.0 cm³/mol. The molecule has 2 nitrogen and oxygen atoms in total. The number of Topliss-reactive ketones (excluding diaryl/α,β-unsaturated/α-hetero) is 1. The van der Waals surface area contributed by atoms with Gasteiger partial charge in [-0.3, -0.25) is 4.79 Å². The zero-order valence-electron chi connectivity index (χ0n) is 9.33. The normalized spacial score (nSPS) is 20.0. The molecule has 1 heterocycles. The fourth-order valence-electron chi connectivity index (χ4n) is 2.01.